The molecule has 0 saturated carbocycles. The molecule has 12 heteroatoms. The zero-order valence-corrected chi connectivity index (χ0v) is 5.97. The molecule has 0 aliphatic rings. The highest BCUT2D eigenvalue weighted by molar-refractivity contribution is 8.42. The summed E-state index contributed by atoms with van der Waals surface area (Å²) in [6.07, 6.45) is -5.56. The maximum Gasteiger partial charge on any atom is 0.544 e. The zero-order chi connectivity index (χ0) is 11.0. The van der Waals surface area contributed by atoms with Crippen molar-refractivity contribution >= 4 is 10.5 Å². The Balaban J connectivity index is 4.37. The Labute approximate surface area is 64.9 Å². The van der Waals surface area contributed by atoms with Gasteiger partial charge in [-0.05, 0) is 4.53 Å². The van der Waals surface area contributed by atoms with Crippen molar-refractivity contribution in [2.45, 2.75) is 6.29 Å². The molecule has 0 heterocycles. The van der Waals surface area contributed by atoms with Gasteiger partial charge in [0.2, 0.25) is 0 Å². The highest BCUT2D eigenvalue weighted by atomic mass is 32.5. The van der Waals surface area contributed by atoms with Gasteiger partial charge in [-0.15, -0.1) is 13.7 Å². The molecule has 0 amide bonds. The van der Waals surface area contributed by atoms with Crippen LogP contribution in [0, 0.1) is 0 Å². The molecule has 0 spiro atoms. The van der Waals surface area contributed by atoms with Gasteiger partial charge in [0.05, 0.1) is 0 Å². The molecule has 0 aliphatic heterocycles. The van der Waals surface area contributed by atoms with Crippen LogP contribution in [0.15, 0.2) is 0 Å². The molecule has 0 rings (SSSR count). The van der Waals surface area contributed by atoms with Crippen molar-refractivity contribution in [1.29, 1.82) is 0 Å². The number of hydrogen-bond acceptors (Lipinski definition) is 3. The van der Waals surface area contributed by atoms with Crippen molar-refractivity contribution in [3.8, 4) is 0 Å². The van der Waals surface area contributed by atoms with Crippen molar-refractivity contribution in [2.75, 3.05) is 0 Å². The summed E-state index contributed by atoms with van der Waals surface area (Å²) in [6, 6.07) is 0. The van der Waals surface area contributed by atoms with Gasteiger partial charge in [0.1, 0.15) is 0 Å². The maximum absolute atomic E-state index is 11.3. The molecule has 0 aliphatic carbocycles. The molecule has 0 aromatic heterocycles. The molecule has 0 atom stereocenters. The van der Waals surface area contributed by atoms with Gasteiger partial charge in [0.25, 0.3) is 0 Å². The molecule has 3 nitrogen and oxygen atoms in total. The average molecular weight is 244 g/mol. The van der Waals surface area contributed by atoms with Crippen LogP contribution in [0.5, 0.6) is 0 Å². The van der Waals surface area contributed by atoms with Gasteiger partial charge < -0.3 is 0 Å². The first-order valence-electron chi connectivity index (χ1n) is 2.05. The highest BCUT2D eigenvalue weighted by Crippen LogP contribution is 2.98. The van der Waals surface area contributed by atoms with Crippen molar-refractivity contribution in [1.82, 2.24) is 0 Å². The highest BCUT2D eigenvalue weighted by Gasteiger charge is 2.69. The largest absolute Gasteiger partial charge is 0.544 e. The van der Waals surface area contributed by atoms with Gasteiger partial charge >= 0.3 is 16.8 Å². The number of hydrogen-bond donors (Lipinski definition) is 0. The second-order valence-corrected chi connectivity index (χ2v) is 3.52. The summed E-state index contributed by atoms with van der Waals surface area (Å²) in [5.74, 6) is 0. The Morgan fingerprint density at radius 1 is 0.923 bits per heavy atom. The van der Waals surface area contributed by atoms with Crippen LogP contribution in [-0.2, 0) is 14.2 Å². The fourth-order valence-corrected chi connectivity index (χ4v) is 0.325. The molecule has 0 unspecified atom stereocenters. The van der Waals surface area contributed by atoms with Gasteiger partial charge in [0.15, 0.2) is 0 Å². The van der Waals surface area contributed by atoms with Crippen molar-refractivity contribution in [3.63, 3.8) is 0 Å². The molecule has 13 heavy (non-hydrogen) atoms. The predicted molar refractivity (Wildman–Crippen MR) is 22.4 cm³/mol. The van der Waals surface area contributed by atoms with E-state index in [0.717, 1.165) is 0 Å². The first kappa shape index (κ1) is 12.7. The van der Waals surface area contributed by atoms with Crippen LogP contribution in [0.2, 0.25) is 0 Å². The van der Waals surface area contributed by atoms with Crippen LogP contribution in [-0.4, -0.2) is 6.29 Å². The Morgan fingerprint density at radius 2 is 1.31 bits per heavy atom. The second kappa shape index (κ2) is 2.37. The standard InChI is InChI=1S/CF8O3S/c2-1(3,10-4)11-12-13(5,6,7,8)9. The van der Waals surface area contributed by atoms with E-state index in [1.807, 2.05) is 0 Å². The third-order valence-electron chi connectivity index (χ3n) is 0.349. The van der Waals surface area contributed by atoms with E-state index in [9.17, 15) is 32.7 Å². The van der Waals surface area contributed by atoms with Crippen molar-refractivity contribution in [3.05, 3.63) is 0 Å². The minimum absolute atomic E-state index is 1.23. The van der Waals surface area contributed by atoms with E-state index in [1.54, 1.807) is 4.89 Å². The molecule has 0 aromatic carbocycles. The van der Waals surface area contributed by atoms with E-state index in [1.165, 1.54) is 9.28 Å². The molecule has 0 aromatic rings. The Bertz CT molecular complexity index is 191. The number of alkyl halides is 2. The van der Waals surface area contributed by atoms with E-state index in [0.29, 0.717) is 0 Å². The fourth-order valence-electron chi connectivity index (χ4n) is 0.117. The minimum atomic E-state index is -10.6. The SMILES string of the molecule is FOC(F)(F)OOS(F)(F)(F)(F)F. The topological polar surface area (TPSA) is 27.7 Å². The number of rotatable bonds is 4. The summed E-state index contributed by atoms with van der Waals surface area (Å²) in [6.45, 7) is 0. The van der Waals surface area contributed by atoms with Gasteiger partial charge in [-0.2, -0.15) is 0 Å². The lowest BCUT2D eigenvalue weighted by Crippen LogP contribution is -2.25. The molecule has 84 valence electrons. The summed E-state index contributed by atoms with van der Waals surface area (Å²) in [7, 11) is -10.6. The third kappa shape index (κ3) is 8.01. The molecule has 0 fully saturated rings. The summed E-state index contributed by atoms with van der Waals surface area (Å²) >= 11 is 0. The van der Waals surface area contributed by atoms with Crippen LogP contribution < -0.4 is 0 Å². The Kier molecular flexibility index (Phi) is 2.31. The molecular weight excluding hydrogens is 244 g/mol. The molecule has 0 saturated heterocycles. The molecule has 0 N–H and O–H groups in total. The monoisotopic (exact) mass is 244 g/mol. The summed E-state index contributed by atoms with van der Waals surface area (Å²) < 4.78 is 89.4. The Morgan fingerprint density at radius 3 is 1.54 bits per heavy atom. The quantitative estimate of drug-likeness (QED) is 0.327. The lowest BCUT2D eigenvalue weighted by atomic mass is 11.3. The van der Waals surface area contributed by atoms with E-state index in [-0.39, 0.29) is 0 Å². The third-order valence-corrected chi connectivity index (χ3v) is 0.675. The van der Waals surface area contributed by atoms with E-state index in [2.05, 4.69) is 0 Å². The minimum Gasteiger partial charge on any atom is -0.144 e. The number of halogens is 8. The fraction of sp³-hybridized carbons (Fsp3) is 1.00. The summed E-state index contributed by atoms with van der Waals surface area (Å²) in [5.41, 5.74) is 0. The zero-order valence-electron chi connectivity index (χ0n) is 5.16. The normalized spacial score (nSPS) is 19.4. The van der Waals surface area contributed by atoms with Crippen LogP contribution in [0.1, 0.15) is 0 Å². The van der Waals surface area contributed by atoms with E-state index in [4.69, 9.17) is 0 Å². The smallest absolute Gasteiger partial charge is 0.144 e. The first-order valence-corrected chi connectivity index (χ1v) is 3.92. The molecule has 0 radical (unpaired) electrons. The Hall–Kier alpha value is -0.330. The van der Waals surface area contributed by atoms with Gasteiger partial charge in [-0.1, -0.05) is 28.7 Å². The van der Waals surface area contributed by atoms with E-state index < -0.39 is 16.8 Å². The second-order valence-electron chi connectivity index (χ2n) is 1.59. The molecule has 0 bridgehead atoms. The average Bonchev–Trinajstić information content (AvgIpc) is 1.80. The van der Waals surface area contributed by atoms with Crippen molar-refractivity contribution < 1.29 is 46.9 Å². The van der Waals surface area contributed by atoms with Gasteiger partial charge in [-0.3, -0.25) is 0 Å². The van der Waals surface area contributed by atoms with Gasteiger partial charge in [-0.25, -0.2) is 0 Å². The van der Waals surface area contributed by atoms with Crippen LogP contribution in [0.4, 0.5) is 32.7 Å². The van der Waals surface area contributed by atoms with Crippen LogP contribution in [0.25, 0.3) is 0 Å². The molecular formula is CF8O3S. The van der Waals surface area contributed by atoms with Crippen LogP contribution >= 0.6 is 10.5 Å². The van der Waals surface area contributed by atoms with E-state index >= 15 is 0 Å². The van der Waals surface area contributed by atoms with Gasteiger partial charge in [0, 0.05) is 0 Å². The lowest BCUT2D eigenvalue weighted by molar-refractivity contribution is -0.540. The first-order chi connectivity index (χ1) is 5.24. The lowest BCUT2D eigenvalue weighted by Gasteiger charge is -2.36. The summed E-state index contributed by atoms with van der Waals surface area (Å²) in [4.78, 5) is 3.12. The van der Waals surface area contributed by atoms with Crippen molar-refractivity contribution in [2.24, 2.45) is 0 Å². The maximum atomic E-state index is 11.3. The predicted octanol–water partition coefficient (Wildman–Crippen LogP) is 3.60. The van der Waals surface area contributed by atoms with Crippen LogP contribution in [0.3, 0.4) is 0 Å². The summed E-state index contributed by atoms with van der Waals surface area (Å²) in [5, 5.41) is 0.